The number of rotatable bonds is 12. The maximum absolute atomic E-state index is 13.2. The second-order valence-corrected chi connectivity index (χ2v) is 8.98. The number of methoxy groups -OCH3 is 3. The Morgan fingerprint density at radius 2 is 1.63 bits per heavy atom. The molecular formula is C25H36N4O6. The molecule has 0 saturated heterocycles. The number of carbonyl (C=O) groups is 3. The maximum Gasteiger partial charge on any atom is 0.325 e. The van der Waals surface area contributed by atoms with E-state index in [0.29, 0.717) is 35.7 Å². The number of esters is 1. The number of hydrogen-bond donors (Lipinski definition) is 2. The van der Waals surface area contributed by atoms with Crippen LogP contribution in [-0.2, 0) is 20.9 Å². The SMILES string of the molecule is COC(=O)CNC(=O)[C@H](CC(C)C)NC(=O)c1cc(-c2c(OC)cccc2OC)n(CC(C)C)n1. The van der Waals surface area contributed by atoms with Crippen molar-refractivity contribution >= 4 is 17.8 Å². The van der Waals surface area contributed by atoms with Gasteiger partial charge < -0.3 is 24.8 Å². The minimum atomic E-state index is -0.841. The Bertz CT molecular complexity index is 1010. The molecule has 1 heterocycles. The molecule has 0 bridgehead atoms. The summed E-state index contributed by atoms with van der Waals surface area (Å²) in [5.74, 6) is 0.00396. The highest BCUT2D eigenvalue weighted by Crippen LogP contribution is 2.38. The summed E-state index contributed by atoms with van der Waals surface area (Å²) in [7, 11) is 4.38. The van der Waals surface area contributed by atoms with Gasteiger partial charge in [-0.15, -0.1) is 0 Å². The number of nitrogens with zero attached hydrogens (tertiary/aromatic N) is 2. The van der Waals surface area contributed by atoms with Gasteiger partial charge in [-0.25, -0.2) is 0 Å². The third-order valence-electron chi connectivity index (χ3n) is 5.20. The first kappa shape index (κ1) is 27.7. The number of ether oxygens (including phenoxy) is 3. The fraction of sp³-hybridized carbons (Fsp3) is 0.520. The third kappa shape index (κ3) is 7.46. The average Bonchev–Trinajstić information content (AvgIpc) is 3.23. The van der Waals surface area contributed by atoms with Gasteiger partial charge in [-0.3, -0.25) is 19.1 Å². The molecule has 1 atom stereocenters. The van der Waals surface area contributed by atoms with Crippen molar-refractivity contribution in [2.75, 3.05) is 27.9 Å². The molecule has 0 saturated carbocycles. The molecule has 0 radical (unpaired) electrons. The lowest BCUT2D eigenvalue weighted by Crippen LogP contribution is -2.48. The van der Waals surface area contributed by atoms with Crippen LogP contribution < -0.4 is 20.1 Å². The number of hydrogen-bond acceptors (Lipinski definition) is 7. The Balaban J connectivity index is 2.41. The number of nitrogens with one attached hydrogen (secondary N) is 2. The maximum atomic E-state index is 13.2. The smallest absolute Gasteiger partial charge is 0.325 e. The zero-order chi connectivity index (χ0) is 26.1. The van der Waals surface area contributed by atoms with E-state index in [9.17, 15) is 14.4 Å². The van der Waals surface area contributed by atoms with E-state index >= 15 is 0 Å². The molecule has 2 rings (SSSR count). The van der Waals surface area contributed by atoms with Crippen LogP contribution in [0.25, 0.3) is 11.3 Å². The van der Waals surface area contributed by atoms with Crippen molar-refractivity contribution in [1.29, 1.82) is 0 Å². The van der Waals surface area contributed by atoms with E-state index in [1.807, 2.05) is 32.0 Å². The largest absolute Gasteiger partial charge is 0.496 e. The zero-order valence-electron chi connectivity index (χ0n) is 21.5. The summed E-state index contributed by atoms with van der Waals surface area (Å²) in [6.45, 7) is 8.26. The third-order valence-corrected chi connectivity index (χ3v) is 5.20. The second kappa shape index (κ2) is 12.8. The standard InChI is InChI=1S/C25H36N4O6/c1-15(2)11-17(24(31)26-13-22(30)35-7)27-25(32)18-12-19(29(28-18)14-16(3)4)23-20(33-5)9-8-10-21(23)34-6/h8-10,12,15-17H,11,13-14H2,1-7H3,(H,26,31)(H,27,32)/t17-/m0/s1. The summed E-state index contributed by atoms with van der Waals surface area (Å²) >= 11 is 0. The predicted octanol–water partition coefficient (Wildman–Crippen LogP) is 2.66. The van der Waals surface area contributed by atoms with Gasteiger partial charge in [0.15, 0.2) is 5.69 Å². The number of benzene rings is 1. The molecule has 10 nitrogen and oxygen atoms in total. The Kier molecular flexibility index (Phi) is 10.1. The van der Waals surface area contributed by atoms with Crippen LogP contribution >= 0.6 is 0 Å². The molecular weight excluding hydrogens is 452 g/mol. The van der Waals surface area contributed by atoms with Gasteiger partial charge in [0.2, 0.25) is 5.91 Å². The van der Waals surface area contributed by atoms with Crippen LogP contribution in [0.1, 0.15) is 44.6 Å². The van der Waals surface area contributed by atoms with E-state index in [2.05, 4.69) is 34.3 Å². The van der Waals surface area contributed by atoms with Crippen LogP contribution in [0.2, 0.25) is 0 Å². The fourth-order valence-electron chi connectivity index (χ4n) is 3.61. The minimum Gasteiger partial charge on any atom is -0.496 e. The number of aromatic nitrogens is 2. The van der Waals surface area contributed by atoms with Gasteiger partial charge in [-0.05, 0) is 36.5 Å². The highest BCUT2D eigenvalue weighted by Gasteiger charge is 2.26. The molecule has 192 valence electrons. The summed E-state index contributed by atoms with van der Waals surface area (Å²) in [5.41, 5.74) is 1.50. The molecule has 0 unspecified atom stereocenters. The van der Waals surface area contributed by atoms with Crippen molar-refractivity contribution in [3.63, 3.8) is 0 Å². The Morgan fingerprint density at radius 3 is 2.14 bits per heavy atom. The van der Waals surface area contributed by atoms with E-state index in [4.69, 9.17) is 9.47 Å². The first-order chi connectivity index (χ1) is 16.6. The molecule has 2 N–H and O–H groups in total. The van der Waals surface area contributed by atoms with Gasteiger partial charge in [0.25, 0.3) is 5.91 Å². The van der Waals surface area contributed by atoms with Gasteiger partial charge in [0.1, 0.15) is 24.1 Å². The molecule has 2 amide bonds. The number of amides is 2. The van der Waals surface area contributed by atoms with E-state index in [1.54, 1.807) is 25.0 Å². The van der Waals surface area contributed by atoms with Crippen molar-refractivity contribution in [3.05, 3.63) is 30.0 Å². The normalized spacial score (nSPS) is 11.8. The Labute approximate surface area is 206 Å². The summed E-state index contributed by atoms with van der Waals surface area (Å²) in [5, 5.41) is 9.82. The van der Waals surface area contributed by atoms with Gasteiger partial charge in [-0.2, -0.15) is 5.10 Å². The lowest BCUT2D eigenvalue weighted by atomic mass is 10.0. The molecule has 1 aromatic heterocycles. The van der Waals surface area contributed by atoms with E-state index in [-0.39, 0.29) is 24.1 Å². The van der Waals surface area contributed by atoms with Crippen molar-refractivity contribution in [2.24, 2.45) is 11.8 Å². The van der Waals surface area contributed by atoms with E-state index < -0.39 is 23.8 Å². The quantitative estimate of drug-likeness (QED) is 0.441. The predicted molar refractivity (Wildman–Crippen MR) is 131 cm³/mol. The first-order valence-corrected chi connectivity index (χ1v) is 11.6. The van der Waals surface area contributed by atoms with Crippen LogP contribution in [0.5, 0.6) is 11.5 Å². The highest BCUT2D eigenvalue weighted by molar-refractivity contribution is 5.97. The van der Waals surface area contributed by atoms with Crippen LogP contribution in [0.3, 0.4) is 0 Å². The van der Waals surface area contributed by atoms with Crippen LogP contribution in [-0.4, -0.2) is 61.5 Å². The molecule has 0 fully saturated rings. The topological polar surface area (TPSA) is 121 Å². The van der Waals surface area contributed by atoms with Gasteiger partial charge in [0, 0.05) is 6.54 Å². The monoisotopic (exact) mass is 488 g/mol. The van der Waals surface area contributed by atoms with Crippen LogP contribution in [0.15, 0.2) is 24.3 Å². The summed E-state index contributed by atoms with van der Waals surface area (Å²) in [6.07, 6.45) is 0.388. The Morgan fingerprint density at radius 1 is 1.00 bits per heavy atom. The summed E-state index contributed by atoms with van der Waals surface area (Å²) in [4.78, 5) is 37.3. The van der Waals surface area contributed by atoms with Crippen molar-refractivity contribution in [1.82, 2.24) is 20.4 Å². The fourth-order valence-corrected chi connectivity index (χ4v) is 3.61. The van der Waals surface area contributed by atoms with Crippen molar-refractivity contribution in [2.45, 2.75) is 46.7 Å². The molecule has 2 aromatic rings. The molecule has 0 aliphatic rings. The molecule has 1 aromatic carbocycles. The van der Waals surface area contributed by atoms with Crippen molar-refractivity contribution in [3.8, 4) is 22.8 Å². The van der Waals surface area contributed by atoms with Crippen LogP contribution in [0.4, 0.5) is 0 Å². The van der Waals surface area contributed by atoms with Crippen molar-refractivity contribution < 1.29 is 28.6 Å². The van der Waals surface area contributed by atoms with E-state index in [0.717, 1.165) is 0 Å². The lowest BCUT2D eigenvalue weighted by Gasteiger charge is -2.19. The van der Waals surface area contributed by atoms with Crippen LogP contribution in [0, 0.1) is 11.8 Å². The zero-order valence-corrected chi connectivity index (χ0v) is 21.5. The Hall–Kier alpha value is -3.56. The second-order valence-electron chi connectivity index (χ2n) is 8.98. The molecule has 0 spiro atoms. The van der Waals surface area contributed by atoms with E-state index in [1.165, 1.54) is 7.11 Å². The van der Waals surface area contributed by atoms with Gasteiger partial charge >= 0.3 is 5.97 Å². The average molecular weight is 489 g/mol. The molecule has 35 heavy (non-hydrogen) atoms. The molecule has 0 aliphatic heterocycles. The van der Waals surface area contributed by atoms with Gasteiger partial charge in [-0.1, -0.05) is 33.8 Å². The summed E-state index contributed by atoms with van der Waals surface area (Å²) < 4.78 is 17.4. The van der Waals surface area contributed by atoms with Gasteiger partial charge in [0.05, 0.1) is 32.6 Å². The highest BCUT2D eigenvalue weighted by atomic mass is 16.5. The molecule has 10 heteroatoms. The molecule has 0 aliphatic carbocycles. The summed E-state index contributed by atoms with van der Waals surface area (Å²) in [6, 6.07) is 6.27. The minimum absolute atomic E-state index is 0.121. The first-order valence-electron chi connectivity index (χ1n) is 11.6. The lowest BCUT2D eigenvalue weighted by molar-refractivity contribution is -0.141. The number of carbonyl (C=O) groups excluding carboxylic acids is 3.